The number of nitrogens with zero attached hydrogens (tertiary/aromatic N) is 2. The highest BCUT2D eigenvalue weighted by atomic mass is 16.5. The number of benzene rings is 1. The first-order valence-electron chi connectivity index (χ1n) is 10.5. The number of aliphatic carboxylic acids is 1. The van der Waals surface area contributed by atoms with Gasteiger partial charge in [0.05, 0.1) is 19.6 Å². The molecule has 0 aliphatic heterocycles. The number of carbonyl (C=O) groups excluding carboxylic acids is 2. The molecule has 2 aromatic heterocycles. The summed E-state index contributed by atoms with van der Waals surface area (Å²) < 4.78 is 5.19. The zero-order valence-corrected chi connectivity index (χ0v) is 19.0. The molecule has 0 unspecified atom stereocenters. The second-order valence-corrected chi connectivity index (χ2v) is 7.28. The number of nitrogens with one attached hydrogen (secondary N) is 4. The largest absolute Gasteiger partial charge is 0.497 e. The minimum atomic E-state index is -1.08. The number of aromatic amines is 1. The maximum atomic E-state index is 13.0. The molecule has 0 bridgehead atoms. The van der Waals surface area contributed by atoms with Gasteiger partial charge in [-0.1, -0.05) is 18.2 Å². The first-order valence-corrected chi connectivity index (χ1v) is 10.5. The highest BCUT2D eigenvalue weighted by molar-refractivity contribution is 5.95. The molecule has 0 aliphatic carbocycles. The molecule has 182 valence electrons. The lowest BCUT2D eigenvalue weighted by Gasteiger charge is -2.20. The van der Waals surface area contributed by atoms with Crippen LogP contribution in [0.5, 0.6) is 5.75 Å². The Hall–Kier alpha value is -4.74. The lowest BCUT2D eigenvalue weighted by atomic mass is 9.99. The van der Waals surface area contributed by atoms with Crippen molar-refractivity contribution in [1.29, 1.82) is 0 Å². The average Bonchev–Trinajstić information content (AvgIpc) is 2.87. The summed E-state index contributed by atoms with van der Waals surface area (Å²) in [7, 11) is 3.28. The van der Waals surface area contributed by atoms with Gasteiger partial charge in [0.1, 0.15) is 17.1 Å². The monoisotopic (exact) mass is 480 g/mol. The average molecular weight is 480 g/mol. The van der Waals surface area contributed by atoms with Crippen LogP contribution in [0.4, 0.5) is 5.82 Å². The van der Waals surface area contributed by atoms with E-state index < -0.39 is 29.4 Å². The number of hydrogen-bond donors (Lipinski definition) is 5. The van der Waals surface area contributed by atoms with Gasteiger partial charge in [-0.25, -0.2) is 9.97 Å². The SMILES string of the molecule is CNc1ccc([C@H](NC(=O)c2cnc(C(=O)NCCC(=O)O)[nH]c2=O)c2ccc(OC)cc2)cn1. The second-order valence-electron chi connectivity index (χ2n) is 7.28. The van der Waals surface area contributed by atoms with Crippen LogP contribution >= 0.6 is 0 Å². The van der Waals surface area contributed by atoms with Crippen LogP contribution < -0.4 is 26.2 Å². The van der Waals surface area contributed by atoms with Gasteiger partial charge in [-0.15, -0.1) is 0 Å². The first kappa shape index (κ1) is 24.9. The predicted octanol–water partition coefficient (Wildman–Crippen LogP) is 0.939. The topological polar surface area (TPSA) is 175 Å². The van der Waals surface area contributed by atoms with E-state index in [1.165, 1.54) is 0 Å². The van der Waals surface area contributed by atoms with E-state index in [1.807, 2.05) is 0 Å². The van der Waals surface area contributed by atoms with Crippen molar-refractivity contribution < 1.29 is 24.2 Å². The Labute approximate surface area is 199 Å². The number of pyridine rings is 1. The number of ether oxygens (including phenoxy) is 1. The number of methoxy groups -OCH3 is 1. The minimum Gasteiger partial charge on any atom is -0.497 e. The van der Waals surface area contributed by atoms with E-state index in [1.54, 1.807) is 56.8 Å². The molecule has 3 aromatic rings. The normalized spacial score (nSPS) is 11.3. The smallest absolute Gasteiger partial charge is 0.305 e. The van der Waals surface area contributed by atoms with Crippen LogP contribution in [-0.4, -0.2) is 58.5 Å². The zero-order valence-electron chi connectivity index (χ0n) is 19.0. The molecule has 1 atom stereocenters. The summed E-state index contributed by atoms with van der Waals surface area (Å²) >= 11 is 0. The van der Waals surface area contributed by atoms with Crippen molar-refractivity contribution in [3.8, 4) is 5.75 Å². The van der Waals surface area contributed by atoms with Crippen LogP contribution in [0.3, 0.4) is 0 Å². The fourth-order valence-electron chi connectivity index (χ4n) is 3.13. The molecule has 12 nitrogen and oxygen atoms in total. The standard InChI is InChI=1S/C23H24N6O6/c1-24-17-8-5-14(11-26-17)19(13-3-6-15(35-2)7-4-13)28-21(32)16-12-27-20(29-22(16)33)23(34)25-10-9-18(30)31/h3-8,11-12,19H,9-10H2,1-2H3,(H,24,26)(H,25,34)(H,28,32)(H,30,31)(H,27,29,33)/t19-/m1/s1. The van der Waals surface area contributed by atoms with Gasteiger partial charge in [0, 0.05) is 26.0 Å². The van der Waals surface area contributed by atoms with Crippen LogP contribution in [0.15, 0.2) is 53.6 Å². The molecule has 0 aliphatic rings. The van der Waals surface area contributed by atoms with Crippen LogP contribution in [0.1, 0.15) is 44.6 Å². The second kappa shape index (κ2) is 11.4. The molecule has 5 N–H and O–H groups in total. The summed E-state index contributed by atoms with van der Waals surface area (Å²) in [5, 5.41) is 16.7. The van der Waals surface area contributed by atoms with Crippen molar-refractivity contribution in [2.75, 3.05) is 26.0 Å². The van der Waals surface area contributed by atoms with E-state index in [0.29, 0.717) is 17.1 Å². The Balaban J connectivity index is 1.84. The van der Waals surface area contributed by atoms with E-state index in [0.717, 1.165) is 11.8 Å². The van der Waals surface area contributed by atoms with E-state index in [2.05, 4.69) is 30.9 Å². The molecule has 35 heavy (non-hydrogen) atoms. The number of carbonyl (C=O) groups is 3. The van der Waals surface area contributed by atoms with Gasteiger partial charge in [-0.3, -0.25) is 19.2 Å². The summed E-state index contributed by atoms with van der Waals surface area (Å²) in [6, 6.07) is 9.95. The van der Waals surface area contributed by atoms with Gasteiger partial charge in [0.25, 0.3) is 17.4 Å². The predicted molar refractivity (Wildman–Crippen MR) is 126 cm³/mol. The molecule has 0 radical (unpaired) electrons. The van der Waals surface area contributed by atoms with Crippen molar-refractivity contribution in [3.05, 3.63) is 81.7 Å². The number of carboxylic acids is 1. The van der Waals surface area contributed by atoms with Gasteiger partial charge in [-0.05, 0) is 29.3 Å². The van der Waals surface area contributed by atoms with Gasteiger partial charge < -0.3 is 30.8 Å². The maximum Gasteiger partial charge on any atom is 0.305 e. The van der Waals surface area contributed by atoms with Crippen LogP contribution in [0.2, 0.25) is 0 Å². The van der Waals surface area contributed by atoms with Gasteiger partial charge >= 0.3 is 5.97 Å². The Kier molecular flexibility index (Phi) is 8.11. The van der Waals surface area contributed by atoms with Gasteiger partial charge in [-0.2, -0.15) is 0 Å². The Morgan fingerprint density at radius 2 is 1.74 bits per heavy atom. The first-order chi connectivity index (χ1) is 16.8. The molecule has 3 rings (SSSR count). The van der Waals surface area contributed by atoms with Crippen LogP contribution in [0.25, 0.3) is 0 Å². The number of rotatable bonds is 10. The summed E-state index contributed by atoms with van der Waals surface area (Å²) in [5.41, 5.74) is 0.265. The van der Waals surface area contributed by atoms with Crippen molar-refractivity contribution in [2.24, 2.45) is 0 Å². The molecule has 2 heterocycles. The molecule has 12 heteroatoms. The fourth-order valence-corrected chi connectivity index (χ4v) is 3.13. The fraction of sp³-hybridized carbons (Fsp3) is 0.217. The summed E-state index contributed by atoms with van der Waals surface area (Å²) in [6.45, 7) is -0.135. The third-order valence-electron chi connectivity index (χ3n) is 4.98. The van der Waals surface area contributed by atoms with Crippen molar-refractivity contribution in [3.63, 3.8) is 0 Å². The highest BCUT2D eigenvalue weighted by Gasteiger charge is 2.21. The molecular weight excluding hydrogens is 456 g/mol. The third-order valence-corrected chi connectivity index (χ3v) is 4.98. The lowest BCUT2D eigenvalue weighted by molar-refractivity contribution is -0.136. The zero-order chi connectivity index (χ0) is 25.4. The molecular formula is C23H24N6O6. The molecule has 2 amide bonds. The lowest BCUT2D eigenvalue weighted by Crippen LogP contribution is -2.35. The number of anilines is 1. The Morgan fingerprint density at radius 3 is 2.31 bits per heavy atom. The van der Waals surface area contributed by atoms with E-state index in [-0.39, 0.29) is 24.4 Å². The van der Waals surface area contributed by atoms with Gasteiger partial charge in [0.15, 0.2) is 5.82 Å². The maximum absolute atomic E-state index is 13.0. The number of aromatic nitrogens is 3. The Morgan fingerprint density at radius 1 is 1.03 bits per heavy atom. The highest BCUT2D eigenvalue weighted by Crippen LogP contribution is 2.25. The quantitative estimate of drug-likeness (QED) is 0.283. The minimum absolute atomic E-state index is 0.135. The van der Waals surface area contributed by atoms with Gasteiger partial charge in [0.2, 0.25) is 0 Å². The molecule has 0 saturated carbocycles. The van der Waals surface area contributed by atoms with E-state index >= 15 is 0 Å². The number of amides is 2. The van der Waals surface area contributed by atoms with Crippen LogP contribution in [0, 0.1) is 0 Å². The molecule has 1 aromatic carbocycles. The van der Waals surface area contributed by atoms with E-state index in [9.17, 15) is 19.2 Å². The van der Waals surface area contributed by atoms with Crippen molar-refractivity contribution in [1.82, 2.24) is 25.6 Å². The summed E-state index contributed by atoms with van der Waals surface area (Å²) in [6.07, 6.45) is 2.31. The van der Waals surface area contributed by atoms with Crippen LogP contribution in [-0.2, 0) is 4.79 Å². The third kappa shape index (κ3) is 6.41. The number of H-pyrrole nitrogens is 1. The summed E-state index contributed by atoms with van der Waals surface area (Å²) in [5.74, 6) is -1.61. The number of carboxylic acid groups (broad SMARTS) is 1. The summed E-state index contributed by atoms with van der Waals surface area (Å²) in [4.78, 5) is 58.5. The Bertz CT molecular complexity index is 1210. The van der Waals surface area contributed by atoms with E-state index in [4.69, 9.17) is 9.84 Å². The van der Waals surface area contributed by atoms with Crippen molar-refractivity contribution >= 4 is 23.6 Å². The number of hydrogen-bond acceptors (Lipinski definition) is 8. The molecule has 0 spiro atoms. The van der Waals surface area contributed by atoms with Crippen molar-refractivity contribution in [2.45, 2.75) is 12.5 Å². The molecule has 0 fully saturated rings. The molecule has 0 saturated heterocycles.